The lowest BCUT2D eigenvalue weighted by molar-refractivity contribution is -0.0458. The zero-order valence-electron chi connectivity index (χ0n) is 13.1. The van der Waals surface area contributed by atoms with Gasteiger partial charge in [-0.15, -0.1) is 5.10 Å². The Kier molecular flexibility index (Phi) is 4.49. The third kappa shape index (κ3) is 2.97. The van der Waals surface area contributed by atoms with E-state index in [0.29, 0.717) is 5.56 Å². The Morgan fingerprint density at radius 1 is 1.28 bits per heavy atom. The quantitative estimate of drug-likeness (QED) is 0.605. The Balaban J connectivity index is 1.92. The van der Waals surface area contributed by atoms with E-state index in [-0.39, 0.29) is 11.4 Å². The number of hydrogen-bond donors (Lipinski definition) is 3. The summed E-state index contributed by atoms with van der Waals surface area (Å²) in [5.74, 6) is -1.68. The summed E-state index contributed by atoms with van der Waals surface area (Å²) in [4.78, 5) is 26.7. The summed E-state index contributed by atoms with van der Waals surface area (Å²) in [6, 6.07) is 6.42. The molecule has 1 fully saturated rings. The van der Waals surface area contributed by atoms with E-state index >= 15 is 0 Å². The lowest BCUT2D eigenvalue weighted by Gasteiger charge is -2.17. The van der Waals surface area contributed by atoms with E-state index in [4.69, 9.17) is 15.2 Å². The van der Waals surface area contributed by atoms with E-state index in [9.17, 15) is 19.8 Å². The number of methoxy groups -OCH3 is 1. The molecule has 1 aromatic heterocycles. The SMILES string of the molecule is COC(=O)c1ccccc1[C@H]1O[C@@H](n2cnc(C(N)=O)n2)[C@H](O)[C@@H]1O. The molecule has 2 heterocycles. The number of nitrogens with two attached hydrogens (primary N) is 1. The minimum absolute atomic E-state index is 0.207. The number of ether oxygens (including phenoxy) is 2. The number of aliphatic hydroxyl groups excluding tert-OH is 2. The average molecular weight is 348 g/mol. The fourth-order valence-corrected chi connectivity index (χ4v) is 2.69. The van der Waals surface area contributed by atoms with Crippen molar-refractivity contribution in [2.45, 2.75) is 24.5 Å². The number of nitrogens with zero attached hydrogens (tertiary/aromatic N) is 3. The number of rotatable bonds is 4. The number of primary amides is 1. The Morgan fingerprint density at radius 3 is 2.64 bits per heavy atom. The molecule has 25 heavy (non-hydrogen) atoms. The van der Waals surface area contributed by atoms with Crippen molar-refractivity contribution in [2.24, 2.45) is 5.73 Å². The molecule has 132 valence electrons. The zero-order valence-corrected chi connectivity index (χ0v) is 13.1. The molecule has 2 aromatic rings. The highest BCUT2D eigenvalue weighted by Crippen LogP contribution is 2.39. The number of amides is 1. The molecule has 1 amide bonds. The average Bonchev–Trinajstić information content (AvgIpc) is 3.21. The van der Waals surface area contributed by atoms with Crippen molar-refractivity contribution >= 4 is 11.9 Å². The van der Waals surface area contributed by atoms with Gasteiger partial charge in [0.05, 0.1) is 12.7 Å². The summed E-state index contributed by atoms with van der Waals surface area (Å²) < 4.78 is 11.5. The van der Waals surface area contributed by atoms with Crippen molar-refractivity contribution in [1.82, 2.24) is 14.8 Å². The van der Waals surface area contributed by atoms with Crippen LogP contribution in [0.2, 0.25) is 0 Å². The van der Waals surface area contributed by atoms with Gasteiger partial charge in [0.15, 0.2) is 6.23 Å². The highest BCUT2D eigenvalue weighted by molar-refractivity contribution is 5.91. The van der Waals surface area contributed by atoms with Crippen LogP contribution in [0.4, 0.5) is 0 Å². The van der Waals surface area contributed by atoms with Gasteiger partial charge in [-0.05, 0) is 11.6 Å². The second-order valence-corrected chi connectivity index (χ2v) is 5.42. The monoisotopic (exact) mass is 348 g/mol. The van der Waals surface area contributed by atoms with Crippen molar-refractivity contribution in [3.05, 3.63) is 47.5 Å². The van der Waals surface area contributed by atoms with Gasteiger partial charge in [0.2, 0.25) is 5.82 Å². The molecule has 3 rings (SSSR count). The van der Waals surface area contributed by atoms with Gasteiger partial charge in [-0.2, -0.15) is 0 Å². The third-order valence-corrected chi connectivity index (χ3v) is 3.90. The molecule has 4 N–H and O–H groups in total. The van der Waals surface area contributed by atoms with E-state index in [2.05, 4.69) is 10.1 Å². The maximum absolute atomic E-state index is 11.9. The van der Waals surface area contributed by atoms with E-state index < -0.39 is 36.4 Å². The van der Waals surface area contributed by atoms with Gasteiger partial charge >= 0.3 is 5.97 Å². The summed E-state index contributed by atoms with van der Waals surface area (Å²) in [6.07, 6.45) is -3.65. The maximum Gasteiger partial charge on any atom is 0.338 e. The van der Waals surface area contributed by atoms with E-state index in [1.807, 2.05) is 0 Å². The minimum Gasteiger partial charge on any atom is -0.465 e. The second-order valence-electron chi connectivity index (χ2n) is 5.42. The molecule has 1 aromatic carbocycles. The van der Waals surface area contributed by atoms with Crippen LogP contribution < -0.4 is 5.73 Å². The predicted octanol–water partition coefficient (Wildman–Crippen LogP) is -0.845. The molecule has 0 radical (unpaired) electrons. The smallest absolute Gasteiger partial charge is 0.338 e. The number of carbonyl (C=O) groups excluding carboxylic acids is 2. The van der Waals surface area contributed by atoms with E-state index in [1.54, 1.807) is 18.2 Å². The van der Waals surface area contributed by atoms with Gasteiger partial charge < -0.3 is 25.4 Å². The second kappa shape index (κ2) is 6.59. The van der Waals surface area contributed by atoms with Crippen LogP contribution >= 0.6 is 0 Å². The lowest BCUT2D eigenvalue weighted by atomic mass is 9.97. The third-order valence-electron chi connectivity index (χ3n) is 3.90. The minimum atomic E-state index is -1.36. The highest BCUT2D eigenvalue weighted by Gasteiger charge is 2.46. The van der Waals surface area contributed by atoms with Gasteiger partial charge in [-0.1, -0.05) is 18.2 Å². The zero-order chi connectivity index (χ0) is 18.1. The van der Waals surface area contributed by atoms with Gasteiger partial charge in [0.25, 0.3) is 5.91 Å². The summed E-state index contributed by atoms with van der Waals surface area (Å²) in [6.45, 7) is 0. The first-order valence-electron chi connectivity index (χ1n) is 7.33. The van der Waals surface area contributed by atoms with Gasteiger partial charge in [-0.25, -0.2) is 14.5 Å². The van der Waals surface area contributed by atoms with Crippen LogP contribution in [0.3, 0.4) is 0 Å². The van der Waals surface area contributed by atoms with E-state index in [1.165, 1.54) is 13.2 Å². The van der Waals surface area contributed by atoms with E-state index in [0.717, 1.165) is 11.0 Å². The maximum atomic E-state index is 11.9. The normalized spacial score (nSPS) is 25.7. The van der Waals surface area contributed by atoms with Crippen LogP contribution in [-0.4, -0.2) is 56.2 Å². The molecule has 0 spiro atoms. The number of carbonyl (C=O) groups is 2. The summed E-state index contributed by atoms with van der Waals surface area (Å²) in [5, 5.41) is 24.5. The van der Waals surface area contributed by atoms with Crippen molar-refractivity contribution < 1.29 is 29.3 Å². The summed E-state index contributed by atoms with van der Waals surface area (Å²) >= 11 is 0. The first-order valence-corrected chi connectivity index (χ1v) is 7.33. The van der Waals surface area contributed by atoms with Crippen LogP contribution in [0.5, 0.6) is 0 Å². The topological polar surface area (TPSA) is 150 Å². The standard InChI is InChI=1S/C15H16N4O6/c1-24-15(23)8-5-3-2-4-7(8)11-9(20)10(21)14(25-11)19-6-17-13(18-19)12(16)22/h2-6,9-11,14,20-21H,1H3,(H2,16,22)/t9-,10+,11+,14+/m0/s1. The van der Waals surface area contributed by atoms with Crippen molar-refractivity contribution in [2.75, 3.05) is 7.11 Å². The molecule has 1 aliphatic rings. The summed E-state index contributed by atoms with van der Waals surface area (Å²) in [7, 11) is 1.24. The van der Waals surface area contributed by atoms with Gasteiger partial charge in [-0.3, -0.25) is 4.79 Å². The number of esters is 1. The molecule has 1 saturated heterocycles. The Labute approximate surface area is 141 Å². The first kappa shape index (κ1) is 17.0. The molecule has 0 aliphatic carbocycles. The Bertz CT molecular complexity index is 807. The number of aliphatic hydroxyl groups is 2. The fourth-order valence-electron chi connectivity index (χ4n) is 2.69. The van der Waals surface area contributed by atoms with Gasteiger partial charge in [0, 0.05) is 0 Å². The predicted molar refractivity (Wildman–Crippen MR) is 81.2 cm³/mol. The van der Waals surface area contributed by atoms with Crippen LogP contribution in [0.1, 0.15) is 38.9 Å². The molecule has 1 aliphatic heterocycles. The highest BCUT2D eigenvalue weighted by atomic mass is 16.6. The number of aromatic nitrogens is 3. The molecule has 10 nitrogen and oxygen atoms in total. The lowest BCUT2D eigenvalue weighted by Crippen LogP contribution is -2.29. The van der Waals surface area contributed by atoms with Crippen LogP contribution in [0.25, 0.3) is 0 Å². The first-order chi connectivity index (χ1) is 11.9. The largest absolute Gasteiger partial charge is 0.465 e. The Morgan fingerprint density at radius 2 is 2.00 bits per heavy atom. The number of hydrogen-bond acceptors (Lipinski definition) is 8. The molecular formula is C15H16N4O6. The van der Waals surface area contributed by atoms with Crippen molar-refractivity contribution in [3.63, 3.8) is 0 Å². The summed E-state index contributed by atoms with van der Waals surface area (Å²) in [5.41, 5.74) is 5.66. The van der Waals surface area contributed by atoms with Gasteiger partial charge in [0.1, 0.15) is 24.6 Å². The van der Waals surface area contributed by atoms with Crippen molar-refractivity contribution in [1.29, 1.82) is 0 Å². The molecule has 4 atom stereocenters. The van der Waals surface area contributed by atoms with Crippen LogP contribution in [-0.2, 0) is 9.47 Å². The van der Waals surface area contributed by atoms with Crippen LogP contribution in [0, 0.1) is 0 Å². The van der Waals surface area contributed by atoms with Crippen molar-refractivity contribution in [3.8, 4) is 0 Å². The van der Waals surface area contributed by atoms with Crippen LogP contribution in [0.15, 0.2) is 30.6 Å². The fraction of sp³-hybridized carbons (Fsp3) is 0.333. The molecule has 0 bridgehead atoms. The molecule has 10 heteroatoms. The molecule has 0 unspecified atom stereocenters. The Hall–Kier alpha value is -2.82. The number of benzene rings is 1. The molecular weight excluding hydrogens is 332 g/mol. The molecule has 0 saturated carbocycles.